The lowest BCUT2D eigenvalue weighted by atomic mass is 10.1. The first-order valence-electron chi connectivity index (χ1n) is 12.3. The van der Waals surface area contributed by atoms with Gasteiger partial charge in [-0.3, -0.25) is 14.4 Å². The molecule has 0 spiro atoms. The Bertz CT molecular complexity index is 1150. The van der Waals surface area contributed by atoms with E-state index >= 15 is 0 Å². The minimum absolute atomic E-state index is 0.0111. The highest BCUT2D eigenvalue weighted by atomic mass is 16.6. The highest BCUT2D eigenvalue weighted by Gasteiger charge is 2.31. The summed E-state index contributed by atoms with van der Waals surface area (Å²) >= 11 is 0. The number of carbonyl (C=O) groups is 4. The van der Waals surface area contributed by atoms with Crippen LogP contribution in [0.2, 0.25) is 0 Å². The number of fused-ring (bicyclic) bond motifs is 1. The van der Waals surface area contributed by atoms with Crippen LogP contribution < -0.4 is 5.32 Å². The van der Waals surface area contributed by atoms with Gasteiger partial charge in [-0.15, -0.1) is 0 Å². The van der Waals surface area contributed by atoms with Crippen LogP contribution in [0.4, 0.5) is 4.79 Å². The number of carbonyl (C=O) groups excluding carboxylic acids is 4. The van der Waals surface area contributed by atoms with Crippen molar-refractivity contribution in [3.05, 3.63) is 36.0 Å². The third-order valence-electron chi connectivity index (χ3n) is 5.70. The van der Waals surface area contributed by atoms with Crippen LogP contribution in [0, 0.1) is 0 Å². The number of esters is 1. The molecule has 0 saturated carbocycles. The first-order valence-corrected chi connectivity index (χ1v) is 12.3. The second kappa shape index (κ2) is 11.9. The Balaban J connectivity index is 1.74. The fraction of sp³-hybridized carbons (Fsp3) is 0.500. The summed E-state index contributed by atoms with van der Waals surface area (Å²) in [7, 11) is 0. The topological polar surface area (TPSA) is 138 Å². The lowest BCUT2D eigenvalue weighted by Crippen LogP contribution is -2.56. The number of benzene rings is 1. The maximum absolute atomic E-state index is 13.4. The van der Waals surface area contributed by atoms with Gasteiger partial charge in [-0.25, -0.2) is 9.78 Å². The average Bonchev–Trinajstić information content (AvgIpc) is 2.85. The van der Waals surface area contributed by atoms with Crippen molar-refractivity contribution < 1.29 is 33.8 Å². The summed E-state index contributed by atoms with van der Waals surface area (Å²) in [6.45, 7) is 8.31. The van der Waals surface area contributed by atoms with Gasteiger partial charge in [-0.05, 0) is 46.2 Å². The molecular weight excluding hydrogens is 480 g/mol. The lowest BCUT2D eigenvalue weighted by molar-refractivity contribution is -0.155. The Morgan fingerprint density at radius 2 is 1.73 bits per heavy atom. The largest absolute Gasteiger partial charge is 0.507 e. The van der Waals surface area contributed by atoms with Gasteiger partial charge in [0.25, 0.3) is 5.91 Å². The molecule has 2 aromatic rings. The number of rotatable bonds is 7. The van der Waals surface area contributed by atoms with Crippen molar-refractivity contribution in [1.29, 1.82) is 0 Å². The third-order valence-corrected chi connectivity index (χ3v) is 5.70. The molecule has 0 bridgehead atoms. The van der Waals surface area contributed by atoms with Crippen LogP contribution >= 0.6 is 0 Å². The number of aromatic hydroxyl groups is 1. The molecule has 2 heterocycles. The van der Waals surface area contributed by atoms with Gasteiger partial charge in [-0.1, -0.05) is 12.1 Å². The quantitative estimate of drug-likeness (QED) is 0.538. The van der Waals surface area contributed by atoms with E-state index in [1.165, 1.54) is 11.0 Å². The van der Waals surface area contributed by atoms with E-state index in [-0.39, 0.29) is 63.0 Å². The van der Waals surface area contributed by atoms with E-state index in [0.717, 1.165) is 0 Å². The number of amides is 3. The molecular formula is C26H34N4O7. The molecule has 1 aromatic carbocycles. The van der Waals surface area contributed by atoms with Crippen LogP contribution in [-0.4, -0.2) is 88.2 Å². The van der Waals surface area contributed by atoms with Crippen LogP contribution in [0.1, 0.15) is 51.0 Å². The molecule has 1 atom stereocenters. The van der Waals surface area contributed by atoms with E-state index in [1.807, 2.05) is 0 Å². The smallest absolute Gasteiger partial charge is 0.409 e. The summed E-state index contributed by atoms with van der Waals surface area (Å²) in [5.41, 5.74) is -0.312. The van der Waals surface area contributed by atoms with E-state index in [9.17, 15) is 24.3 Å². The summed E-state index contributed by atoms with van der Waals surface area (Å²) in [5, 5.41) is 13.5. The Kier molecular flexibility index (Phi) is 8.90. The Morgan fingerprint density at radius 1 is 1.08 bits per heavy atom. The Morgan fingerprint density at radius 3 is 2.38 bits per heavy atom. The van der Waals surface area contributed by atoms with Crippen LogP contribution in [0.25, 0.3) is 10.9 Å². The maximum Gasteiger partial charge on any atom is 0.409 e. The first-order chi connectivity index (χ1) is 17.5. The zero-order chi connectivity index (χ0) is 27.2. The lowest BCUT2D eigenvalue weighted by Gasteiger charge is -2.36. The number of piperazine rings is 1. The van der Waals surface area contributed by atoms with Crippen molar-refractivity contribution in [1.82, 2.24) is 20.1 Å². The van der Waals surface area contributed by atoms with Gasteiger partial charge in [0.2, 0.25) is 5.91 Å². The first kappa shape index (κ1) is 27.7. The molecule has 37 heavy (non-hydrogen) atoms. The van der Waals surface area contributed by atoms with Crippen molar-refractivity contribution in [3.63, 3.8) is 0 Å². The third kappa shape index (κ3) is 7.55. The predicted molar refractivity (Wildman–Crippen MR) is 135 cm³/mol. The molecule has 2 N–H and O–H groups in total. The Labute approximate surface area is 215 Å². The molecule has 1 saturated heterocycles. The van der Waals surface area contributed by atoms with Gasteiger partial charge in [0, 0.05) is 44.1 Å². The normalized spacial score (nSPS) is 14.7. The van der Waals surface area contributed by atoms with Gasteiger partial charge in [0.1, 0.15) is 23.1 Å². The van der Waals surface area contributed by atoms with Crippen LogP contribution in [0.15, 0.2) is 30.3 Å². The molecule has 0 aliphatic carbocycles. The predicted octanol–water partition coefficient (Wildman–Crippen LogP) is 2.46. The van der Waals surface area contributed by atoms with E-state index in [2.05, 4.69) is 10.3 Å². The molecule has 0 unspecified atom stereocenters. The van der Waals surface area contributed by atoms with Crippen LogP contribution in [-0.2, 0) is 19.1 Å². The van der Waals surface area contributed by atoms with Gasteiger partial charge in [0.15, 0.2) is 0 Å². The summed E-state index contributed by atoms with van der Waals surface area (Å²) < 4.78 is 10.4. The number of aromatic nitrogens is 1. The maximum atomic E-state index is 13.4. The summed E-state index contributed by atoms with van der Waals surface area (Å²) in [4.78, 5) is 58.2. The Hall–Kier alpha value is -3.89. The van der Waals surface area contributed by atoms with Crippen LogP contribution in [0.5, 0.6) is 5.75 Å². The minimum atomic E-state index is -1.04. The van der Waals surface area contributed by atoms with Gasteiger partial charge < -0.3 is 29.7 Å². The molecule has 1 aliphatic rings. The monoisotopic (exact) mass is 514 g/mol. The van der Waals surface area contributed by atoms with Crippen molar-refractivity contribution in [2.75, 3.05) is 32.8 Å². The van der Waals surface area contributed by atoms with E-state index < -0.39 is 29.6 Å². The number of ether oxygens (including phenoxy) is 2. The zero-order valence-electron chi connectivity index (χ0n) is 21.7. The zero-order valence-corrected chi connectivity index (χ0v) is 21.7. The van der Waals surface area contributed by atoms with E-state index in [1.54, 1.807) is 56.9 Å². The molecule has 11 heteroatoms. The van der Waals surface area contributed by atoms with Crippen LogP contribution in [0.3, 0.4) is 0 Å². The molecule has 1 aliphatic heterocycles. The van der Waals surface area contributed by atoms with E-state index in [4.69, 9.17) is 9.47 Å². The molecule has 1 aromatic heterocycles. The number of para-hydroxylation sites is 1. The van der Waals surface area contributed by atoms with Gasteiger partial charge in [-0.2, -0.15) is 0 Å². The van der Waals surface area contributed by atoms with Crippen molar-refractivity contribution >= 4 is 34.8 Å². The molecule has 3 rings (SSSR count). The summed E-state index contributed by atoms with van der Waals surface area (Å²) in [6.07, 6.45) is -0.517. The van der Waals surface area contributed by atoms with Gasteiger partial charge in [0.05, 0.1) is 12.1 Å². The second-order valence-corrected chi connectivity index (χ2v) is 9.71. The highest BCUT2D eigenvalue weighted by molar-refractivity contribution is 5.99. The fourth-order valence-electron chi connectivity index (χ4n) is 3.96. The summed E-state index contributed by atoms with van der Waals surface area (Å²) in [5.74, 6) is -1.64. The van der Waals surface area contributed by atoms with Crippen molar-refractivity contribution in [3.8, 4) is 5.75 Å². The molecule has 3 amide bonds. The molecule has 0 radical (unpaired) electrons. The van der Waals surface area contributed by atoms with Gasteiger partial charge >= 0.3 is 12.1 Å². The number of pyridine rings is 1. The number of nitrogens with zero attached hydrogens (tertiary/aromatic N) is 3. The summed E-state index contributed by atoms with van der Waals surface area (Å²) in [6, 6.07) is 7.04. The number of hydrogen-bond donors (Lipinski definition) is 2. The average molecular weight is 515 g/mol. The second-order valence-electron chi connectivity index (χ2n) is 9.71. The van der Waals surface area contributed by atoms with E-state index in [0.29, 0.717) is 10.9 Å². The molecule has 1 fully saturated rings. The number of hydrogen-bond acceptors (Lipinski definition) is 8. The molecule has 11 nitrogen and oxygen atoms in total. The van der Waals surface area contributed by atoms with Crippen molar-refractivity contribution in [2.24, 2.45) is 0 Å². The van der Waals surface area contributed by atoms with Crippen molar-refractivity contribution in [2.45, 2.75) is 52.2 Å². The minimum Gasteiger partial charge on any atom is -0.507 e. The SMILES string of the molecule is CCOC(=O)N1CCN(C(=O)[C@H](CCC(=O)OC(C)(C)C)NC(=O)c2cc(O)c3ccccc3n2)CC1. The standard InChI is InChI=1S/C26H34N4O7/c1-5-36-25(35)30-14-12-29(13-15-30)24(34)19(10-11-22(32)37-26(2,3)4)28-23(33)20-16-21(31)17-8-6-7-9-18(17)27-20/h6-9,16,19H,5,10-15H2,1-4H3,(H,27,31)(H,28,33)/t19-/m0/s1. The fourth-order valence-corrected chi connectivity index (χ4v) is 3.96. The number of nitrogens with one attached hydrogen (secondary N) is 1. The highest BCUT2D eigenvalue weighted by Crippen LogP contribution is 2.24. The molecule has 200 valence electrons.